The van der Waals surface area contributed by atoms with Gasteiger partial charge in [0.2, 0.25) is 0 Å². The third-order valence-electron chi connectivity index (χ3n) is 1.88. The average molecular weight is 340 g/mol. The summed E-state index contributed by atoms with van der Waals surface area (Å²) < 4.78 is 0. The van der Waals surface area contributed by atoms with Crippen molar-refractivity contribution in [3.05, 3.63) is 34.3 Å². The van der Waals surface area contributed by atoms with Crippen molar-refractivity contribution in [1.29, 1.82) is 0 Å². The fourth-order valence-corrected chi connectivity index (χ4v) is 2.56. The van der Waals surface area contributed by atoms with Crippen LogP contribution in [0, 0.1) is 0 Å². The minimum atomic E-state index is -0.311. The van der Waals surface area contributed by atoms with E-state index in [2.05, 4.69) is 31.9 Å². The molecule has 0 fully saturated rings. The van der Waals surface area contributed by atoms with Gasteiger partial charge in [-0.25, -0.2) is 0 Å². The highest BCUT2D eigenvalue weighted by molar-refractivity contribution is 9.09. The normalized spacial score (nSPS) is 12.6. The van der Waals surface area contributed by atoms with Crippen molar-refractivity contribution in [2.75, 3.05) is 0 Å². The Morgan fingerprint density at radius 1 is 1.57 bits per heavy atom. The van der Waals surface area contributed by atoms with Crippen molar-refractivity contribution in [3.63, 3.8) is 0 Å². The number of carbonyl (C=O) groups excluding carboxylic acids is 1. The molecule has 0 N–H and O–H groups in total. The molecule has 0 amide bonds. The van der Waals surface area contributed by atoms with E-state index in [-0.39, 0.29) is 10.6 Å². The molecule has 0 saturated heterocycles. The Kier molecular flexibility index (Phi) is 4.61. The Bertz CT molecular complexity index is 352. The summed E-state index contributed by atoms with van der Waals surface area (Å²) in [6.07, 6.45) is 0. The second-order valence-corrected chi connectivity index (χ2v) is 4.78. The van der Waals surface area contributed by atoms with Gasteiger partial charge in [-0.15, -0.1) is 0 Å². The first kappa shape index (κ1) is 12.2. The Morgan fingerprint density at radius 3 is 2.71 bits per heavy atom. The summed E-state index contributed by atoms with van der Waals surface area (Å²) in [5.41, 5.74) is 1.82. The molecule has 1 unspecified atom stereocenters. The molecule has 0 aliphatic heterocycles. The van der Waals surface area contributed by atoms with Crippen LogP contribution in [-0.4, -0.2) is 5.78 Å². The van der Waals surface area contributed by atoms with Crippen LogP contribution in [0.1, 0.15) is 22.9 Å². The first-order valence-electron chi connectivity index (χ1n) is 4.05. The quantitative estimate of drug-likeness (QED) is 0.752. The summed E-state index contributed by atoms with van der Waals surface area (Å²) in [5, 5.41) is 1.35. The maximum absolute atomic E-state index is 11.2. The minimum absolute atomic E-state index is 0.0543. The van der Waals surface area contributed by atoms with E-state index in [0.717, 1.165) is 11.1 Å². The van der Waals surface area contributed by atoms with Gasteiger partial charge in [-0.05, 0) is 18.1 Å². The van der Waals surface area contributed by atoms with Crippen LogP contribution < -0.4 is 0 Å². The number of benzene rings is 1. The molecule has 0 aliphatic rings. The van der Waals surface area contributed by atoms with E-state index in [4.69, 9.17) is 11.6 Å². The van der Waals surface area contributed by atoms with Crippen LogP contribution in [0.3, 0.4) is 0 Å². The molecule has 0 bridgehead atoms. The monoisotopic (exact) mass is 338 g/mol. The van der Waals surface area contributed by atoms with Gasteiger partial charge in [0.05, 0.1) is 4.83 Å². The lowest BCUT2D eigenvalue weighted by Gasteiger charge is -2.10. The van der Waals surface area contributed by atoms with Gasteiger partial charge >= 0.3 is 0 Å². The maximum Gasteiger partial charge on any atom is 0.147 e. The van der Waals surface area contributed by atoms with Gasteiger partial charge in [0.1, 0.15) is 5.78 Å². The Balaban J connectivity index is 3.15. The topological polar surface area (TPSA) is 17.1 Å². The SMILES string of the molecule is CC(=O)C(Br)c1cccc(CBr)c1Cl. The number of Topliss-reactive ketones (excluding diaryl/α,β-unsaturated/α-hetero) is 1. The second kappa shape index (κ2) is 5.29. The van der Waals surface area contributed by atoms with Crippen LogP contribution >= 0.6 is 43.5 Å². The van der Waals surface area contributed by atoms with Crippen molar-refractivity contribution in [2.45, 2.75) is 17.1 Å². The standard InChI is InChI=1S/C10H9Br2ClO/c1-6(14)9(12)8-4-2-3-7(5-11)10(8)13/h2-4,9H,5H2,1H3. The van der Waals surface area contributed by atoms with Crippen molar-refractivity contribution >= 4 is 49.2 Å². The first-order chi connectivity index (χ1) is 6.57. The van der Waals surface area contributed by atoms with Gasteiger partial charge in [-0.3, -0.25) is 4.79 Å². The zero-order valence-corrected chi connectivity index (χ0v) is 11.5. The predicted octanol–water partition coefficient (Wildman–Crippen LogP) is 4.26. The molecule has 0 aliphatic carbocycles. The van der Waals surface area contributed by atoms with E-state index >= 15 is 0 Å². The Morgan fingerprint density at radius 2 is 2.21 bits per heavy atom. The molecule has 76 valence electrons. The van der Waals surface area contributed by atoms with Gasteiger partial charge < -0.3 is 0 Å². The fraction of sp³-hybridized carbons (Fsp3) is 0.300. The lowest BCUT2D eigenvalue weighted by Crippen LogP contribution is -2.02. The fourth-order valence-electron chi connectivity index (χ4n) is 1.12. The van der Waals surface area contributed by atoms with Gasteiger partial charge in [0.25, 0.3) is 0 Å². The van der Waals surface area contributed by atoms with E-state index in [1.54, 1.807) is 0 Å². The van der Waals surface area contributed by atoms with E-state index in [1.165, 1.54) is 6.92 Å². The van der Waals surface area contributed by atoms with Crippen LogP contribution in [-0.2, 0) is 10.1 Å². The van der Waals surface area contributed by atoms with Gasteiger partial charge in [-0.2, -0.15) is 0 Å². The highest BCUT2D eigenvalue weighted by Crippen LogP contribution is 2.33. The highest BCUT2D eigenvalue weighted by atomic mass is 79.9. The van der Waals surface area contributed by atoms with E-state index < -0.39 is 0 Å². The Hall–Kier alpha value is 0.140. The lowest BCUT2D eigenvalue weighted by molar-refractivity contribution is -0.116. The molecule has 1 rings (SSSR count). The molecule has 1 aromatic rings. The molecular formula is C10H9Br2ClO. The van der Waals surface area contributed by atoms with Crippen LogP contribution in [0.4, 0.5) is 0 Å². The molecule has 1 nitrogen and oxygen atoms in total. The number of halogens is 3. The van der Waals surface area contributed by atoms with E-state index in [9.17, 15) is 4.79 Å². The third-order valence-corrected chi connectivity index (χ3v) is 4.09. The third kappa shape index (κ3) is 2.59. The number of hydrogen-bond donors (Lipinski definition) is 0. The zero-order valence-electron chi connectivity index (χ0n) is 7.56. The summed E-state index contributed by atoms with van der Waals surface area (Å²) in [5.74, 6) is 0.0543. The van der Waals surface area contributed by atoms with Gasteiger partial charge in [0.15, 0.2) is 0 Å². The number of carbonyl (C=O) groups is 1. The van der Waals surface area contributed by atoms with E-state index in [1.807, 2.05) is 18.2 Å². The van der Waals surface area contributed by atoms with Crippen molar-refractivity contribution in [1.82, 2.24) is 0 Å². The molecule has 0 heterocycles. The van der Waals surface area contributed by atoms with Crippen molar-refractivity contribution in [3.8, 4) is 0 Å². The summed E-state index contributed by atoms with van der Waals surface area (Å²) in [4.78, 5) is 10.9. The summed E-state index contributed by atoms with van der Waals surface area (Å²) in [6, 6.07) is 5.69. The van der Waals surface area contributed by atoms with Gasteiger partial charge in [0, 0.05) is 10.4 Å². The van der Waals surface area contributed by atoms with Crippen molar-refractivity contribution < 1.29 is 4.79 Å². The lowest BCUT2D eigenvalue weighted by atomic mass is 10.1. The molecule has 14 heavy (non-hydrogen) atoms. The summed E-state index contributed by atoms with van der Waals surface area (Å²) in [7, 11) is 0. The largest absolute Gasteiger partial charge is 0.298 e. The number of ketones is 1. The summed E-state index contributed by atoms with van der Waals surface area (Å²) >= 11 is 12.8. The van der Waals surface area contributed by atoms with Crippen LogP contribution in [0.5, 0.6) is 0 Å². The molecule has 0 spiro atoms. The molecule has 0 saturated carbocycles. The summed E-state index contributed by atoms with van der Waals surface area (Å²) in [6.45, 7) is 1.54. The molecule has 0 aromatic heterocycles. The number of hydrogen-bond acceptors (Lipinski definition) is 1. The average Bonchev–Trinajstić information content (AvgIpc) is 2.17. The molecular weight excluding hydrogens is 331 g/mol. The molecule has 1 atom stereocenters. The van der Waals surface area contributed by atoms with Crippen molar-refractivity contribution in [2.24, 2.45) is 0 Å². The first-order valence-corrected chi connectivity index (χ1v) is 6.47. The Labute approximate surface area is 105 Å². The molecule has 1 aromatic carbocycles. The van der Waals surface area contributed by atoms with Crippen LogP contribution in [0.15, 0.2) is 18.2 Å². The highest BCUT2D eigenvalue weighted by Gasteiger charge is 2.17. The molecule has 4 heteroatoms. The predicted molar refractivity (Wildman–Crippen MR) is 66.4 cm³/mol. The van der Waals surface area contributed by atoms with E-state index in [0.29, 0.717) is 10.4 Å². The van der Waals surface area contributed by atoms with Crippen LogP contribution in [0.2, 0.25) is 5.02 Å². The maximum atomic E-state index is 11.2. The minimum Gasteiger partial charge on any atom is -0.298 e. The second-order valence-electron chi connectivity index (χ2n) is 2.93. The van der Waals surface area contributed by atoms with Crippen LogP contribution in [0.25, 0.3) is 0 Å². The van der Waals surface area contributed by atoms with Gasteiger partial charge in [-0.1, -0.05) is 61.7 Å². The number of rotatable bonds is 3. The number of alkyl halides is 2. The zero-order chi connectivity index (χ0) is 10.7. The smallest absolute Gasteiger partial charge is 0.147 e. The molecule has 0 radical (unpaired) electrons.